The van der Waals surface area contributed by atoms with E-state index in [-0.39, 0.29) is 11.0 Å². The van der Waals surface area contributed by atoms with Crippen molar-refractivity contribution in [2.75, 3.05) is 0 Å². The molecule has 0 amide bonds. The van der Waals surface area contributed by atoms with Gasteiger partial charge in [-0.3, -0.25) is 15.0 Å². The summed E-state index contributed by atoms with van der Waals surface area (Å²) in [6.07, 6.45) is 0. The largest absolute Gasteiger partial charge is 0.487 e. The average Bonchev–Trinajstić information content (AvgIpc) is 2.72. The third kappa shape index (κ3) is 3.03. The van der Waals surface area contributed by atoms with Crippen LogP contribution in [-0.2, 0) is 12.0 Å². The Labute approximate surface area is 106 Å². The summed E-state index contributed by atoms with van der Waals surface area (Å²) in [7, 11) is 0. The number of ether oxygens (including phenoxy) is 1. The van der Waals surface area contributed by atoms with Crippen LogP contribution in [0.2, 0.25) is 0 Å². The summed E-state index contributed by atoms with van der Waals surface area (Å²) in [5.41, 5.74) is 2.01. The average molecular weight is 246 g/mol. The van der Waals surface area contributed by atoms with Gasteiger partial charge in [0.2, 0.25) is 0 Å². The minimum Gasteiger partial charge on any atom is -0.487 e. The molecular formula is C14H18N2O2. The third-order valence-corrected chi connectivity index (χ3v) is 2.77. The van der Waals surface area contributed by atoms with Gasteiger partial charge >= 0.3 is 0 Å². The van der Waals surface area contributed by atoms with Crippen LogP contribution < -0.4 is 10.3 Å². The predicted molar refractivity (Wildman–Crippen MR) is 70.9 cm³/mol. The lowest BCUT2D eigenvalue weighted by Gasteiger charge is -2.19. The maximum absolute atomic E-state index is 10.9. The summed E-state index contributed by atoms with van der Waals surface area (Å²) in [4.78, 5) is 10.9. The fraction of sp³-hybridized carbons (Fsp3) is 0.357. The van der Waals surface area contributed by atoms with Crippen LogP contribution in [0.1, 0.15) is 32.0 Å². The number of benzene rings is 1. The van der Waals surface area contributed by atoms with E-state index in [0.29, 0.717) is 6.61 Å². The molecular weight excluding hydrogens is 228 g/mol. The van der Waals surface area contributed by atoms with E-state index in [1.807, 2.05) is 12.1 Å². The Morgan fingerprint density at radius 2 is 1.78 bits per heavy atom. The summed E-state index contributed by atoms with van der Waals surface area (Å²) in [6, 6.07) is 9.52. The molecule has 2 aromatic rings. The standard InChI is InChI=1S/C14H18N2O2/c1-14(2,3)10-4-6-12(7-5-10)18-9-11-8-13(17)16-15-11/h4-8H,9H2,1-3H3,(H2,15,16,17). The van der Waals surface area contributed by atoms with Gasteiger partial charge in [0.1, 0.15) is 12.4 Å². The molecule has 96 valence electrons. The summed E-state index contributed by atoms with van der Waals surface area (Å²) >= 11 is 0. The highest BCUT2D eigenvalue weighted by Crippen LogP contribution is 2.24. The van der Waals surface area contributed by atoms with Gasteiger partial charge in [0.25, 0.3) is 5.56 Å². The maximum Gasteiger partial charge on any atom is 0.264 e. The Morgan fingerprint density at radius 3 is 2.28 bits per heavy atom. The molecule has 0 aliphatic carbocycles. The van der Waals surface area contributed by atoms with E-state index in [1.165, 1.54) is 11.6 Å². The number of rotatable bonds is 3. The minimum absolute atomic E-state index is 0.142. The van der Waals surface area contributed by atoms with E-state index in [0.717, 1.165) is 11.4 Å². The fourth-order valence-electron chi connectivity index (χ4n) is 1.66. The summed E-state index contributed by atoms with van der Waals surface area (Å²) in [6.45, 7) is 6.88. The number of hydrogen-bond donors (Lipinski definition) is 2. The zero-order valence-corrected chi connectivity index (χ0v) is 10.9. The van der Waals surface area contributed by atoms with Crippen molar-refractivity contribution >= 4 is 0 Å². The Morgan fingerprint density at radius 1 is 1.11 bits per heavy atom. The van der Waals surface area contributed by atoms with Gasteiger partial charge in [0.15, 0.2) is 0 Å². The van der Waals surface area contributed by atoms with Crippen molar-refractivity contribution in [3.63, 3.8) is 0 Å². The molecule has 18 heavy (non-hydrogen) atoms. The normalized spacial score (nSPS) is 11.5. The second kappa shape index (κ2) is 4.72. The van der Waals surface area contributed by atoms with Crippen LogP contribution in [-0.4, -0.2) is 10.2 Å². The first-order valence-corrected chi connectivity index (χ1v) is 5.95. The van der Waals surface area contributed by atoms with E-state index in [2.05, 4.69) is 43.1 Å². The molecule has 2 N–H and O–H groups in total. The molecule has 1 aromatic heterocycles. The lowest BCUT2D eigenvalue weighted by molar-refractivity contribution is 0.301. The van der Waals surface area contributed by atoms with Crippen molar-refractivity contribution in [3.05, 3.63) is 51.9 Å². The van der Waals surface area contributed by atoms with Crippen molar-refractivity contribution in [2.24, 2.45) is 0 Å². The summed E-state index contributed by atoms with van der Waals surface area (Å²) < 4.78 is 5.58. The van der Waals surface area contributed by atoms with Crippen LogP contribution in [0.5, 0.6) is 5.75 Å². The van der Waals surface area contributed by atoms with Gasteiger partial charge in [-0.05, 0) is 23.1 Å². The highest BCUT2D eigenvalue weighted by Gasteiger charge is 2.12. The van der Waals surface area contributed by atoms with Crippen molar-refractivity contribution in [1.29, 1.82) is 0 Å². The van der Waals surface area contributed by atoms with Gasteiger partial charge in [-0.25, -0.2) is 0 Å². The molecule has 0 unspecified atom stereocenters. The molecule has 2 rings (SSSR count). The Balaban J connectivity index is 2.00. The highest BCUT2D eigenvalue weighted by molar-refractivity contribution is 5.31. The first-order valence-electron chi connectivity index (χ1n) is 5.95. The lowest BCUT2D eigenvalue weighted by Crippen LogP contribution is -2.10. The molecule has 0 saturated carbocycles. The number of aromatic nitrogens is 2. The molecule has 4 nitrogen and oxygen atoms in total. The van der Waals surface area contributed by atoms with E-state index < -0.39 is 0 Å². The molecule has 0 aliphatic rings. The Bertz CT molecular complexity index is 558. The Hall–Kier alpha value is -1.97. The predicted octanol–water partition coefficient (Wildman–Crippen LogP) is 2.58. The minimum atomic E-state index is -0.142. The second-order valence-electron chi connectivity index (χ2n) is 5.35. The van der Waals surface area contributed by atoms with E-state index >= 15 is 0 Å². The lowest BCUT2D eigenvalue weighted by atomic mass is 9.87. The zero-order chi connectivity index (χ0) is 13.2. The SMILES string of the molecule is CC(C)(C)c1ccc(OCc2cc(=O)[nH][nH]2)cc1. The molecule has 0 atom stereocenters. The Kier molecular flexibility index (Phi) is 3.28. The van der Waals surface area contributed by atoms with Crippen molar-refractivity contribution in [2.45, 2.75) is 32.8 Å². The number of nitrogens with one attached hydrogen (secondary N) is 2. The molecule has 0 aliphatic heterocycles. The fourth-order valence-corrected chi connectivity index (χ4v) is 1.66. The molecule has 1 aromatic carbocycles. The van der Waals surface area contributed by atoms with E-state index in [9.17, 15) is 4.79 Å². The molecule has 4 heteroatoms. The van der Waals surface area contributed by atoms with Gasteiger partial charge in [0.05, 0.1) is 5.69 Å². The summed E-state index contributed by atoms with van der Waals surface area (Å²) in [5, 5.41) is 5.22. The smallest absolute Gasteiger partial charge is 0.264 e. The van der Waals surface area contributed by atoms with Gasteiger partial charge in [-0.2, -0.15) is 0 Å². The van der Waals surface area contributed by atoms with E-state index in [4.69, 9.17) is 4.74 Å². The molecule has 0 radical (unpaired) electrons. The highest BCUT2D eigenvalue weighted by atomic mass is 16.5. The molecule has 0 saturated heterocycles. The topological polar surface area (TPSA) is 57.9 Å². The molecule has 1 heterocycles. The molecule has 0 fully saturated rings. The number of hydrogen-bond acceptors (Lipinski definition) is 2. The van der Waals surface area contributed by atoms with Crippen LogP contribution >= 0.6 is 0 Å². The second-order valence-corrected chi connectivity index (χ2v) is 5.35. The quantitative estimate of drug-likeness (QED) is 0.874. The van der Waals surface area contributed by atoms with Crippen molar-refractivity contribution in [3.8, 4) is 5.75 Å². The van der Waals surface area contributed by atoms with Crippen LogP contribution in [0.3, 0.4) is 0 Å². The van der Waals surface area contributed by atoms with Gasteiger partial charge in [-0.1, -0.05) is 32.9 Å². The van der Waals surface area contributed by atoms with Crippen molar-refractivity contribution < 1.29 is 4.74 Å². The zero-order valence-electron chi connectivity index (χ0n) is 10.9. The molecule has 0 spiro atoms. The van der Waals surface area contributed by atoms with Gasteiger partial charge < -0.3 is 4.74 Å². The molecule has 0 bridgehead atoms. The maximum atomic E-state index is 10.9. The third-order valence-electron chi connectivity index (χ3n) is 2.77. The van der Waals surface area contributed by atoms with Crippen LogP contribution in [0.15, 0.2) is 35.1 Å². The number of aromatic amines is 2. The first kappa shape index (κ1) is 12.5. The first-order chi connectivity index (χ1) is 8.45. The monoisotopic (exact) mass is 246 g/mol. The van der Waals surface area contributed by atoms with Crippen LogP contribution in [0, 0.1) is 0 Å². The summed E-state index contributed by atoms with van der Waals surface area (Å²) in [5.74, 6) is 0.796. The van der Waals surface area contributed by atoms with Crippen molar-refractivity contribution in [1.82, 2.24) is 10.2 Å². The van der Waals surface area contributed by atoms with Gasteiger partial charge in [-0.15, -0.1) is 0 Å². The van der Waals surface area contributed by atoms with Crippen LogP contribution in [0.4, 0.5) is 0 Å². The number of H-pyrrole nitrogens is 2. The van der Waals surface area contributed by atoms with E-state index in [1.54, 1.807) is 0 Å². The van der Waals surface area contributed by atoms with Crippen LogP contribution in [0.25, 0.3) is 0 Å². The van der Waals surface area contributed by atoms with Gasteiger partial charge in [0, 0.05) is 6.07 Å².